The van der Waals surface area contributed by atoms with E-state index < -0.39 is 7.26 Å². The molecule has 0 saturated heterocycles. The van der Waals surface area contributed by atoms with E-state index in [0.29, 0.717) is 0 Å². The Balaban J connectivity index is 1.59. The summed E-state index contributed by atoms with van der Waals surface area (Å²) in [6, 6.07) is 34.0. The molecule has 0 bridgehead atoms. The average molecular weight is 460 g/mol. The molecule has 0 unspecified atom stereocenters. The van der Waals surface area contributed by atoms with E-state index in [1.807, 2.05) is 0 Å². The first-order valence-electron chi connectivity index (χ1n) is 13.4. The van der Waals surface area contributed by atoms with Crippen molar-refractivity contribution in [1.29, 1.82) is 0 Å². The second kappa shape index (κ2) is 15.1. The summed E-state index contributed by atoms with van der Waals surface area (Å²) in [7, 11) is -1.63. The van der Waals surface area contributed by atoms with Crippen LogP contribution >= 0.6 is 7.26 Å². The molecule has 0 aliphatic carbocycles. The number of hydrogen-bond donors (Lipinski definition) is 0. The lowest BCUT2D eigenvalue weighted by molar-refractivity contribution is 0.548. The summed E-state index contributed by atoms with van der Waals surface area (Å²) in [5.74, 6) is 0. The Morgan fingerprint density at radius 3 is 1.03 bits per heavy atom. The molecular formula is C32H44P+. The van der Waals surface area contributed by atoms with E-state index in [2.05, 4.69) is 97.9 Å². The molecule has 1 heteroatoms. The fraction of sp³-hybridized carbons (Fsp3) is 0.438. The fourth-order valence-corrected chi connectivity index (χ4v) is 9.48. The summed E-state index contributed by atoms with van der Waals surface area (Å²) in [5, 5.41) is 4.56. The molecule has 3 aromatic rings. The Hall–Kier alpha value is -1.91. The second-order valence-corrected chi connectivity index (χ2v) is 13.0. The van der Waals surface area contributed by atoms with Crippen LogP contribution in [0, 0.1) is 0 Å². The maximum Gasteiger partial charge on any atom is 0.112 e. The van der Waals surface area contributed by atoms with Gasteiger partial charge in [0.05, 0.1) is 6.16 Å². The summed E-state index contributed by atoms with van der Waals surface area (Å²) in [5.41, 5.74) is 0. The number of benzene rings is 3. The Morgan fingerprint density at radius 1 is 0.394 bits per heavy atom. The molecule has 33 heavy (non-hydrogen) atoms. The van der Waals surface area contributed by atoms with E-state index >= 15 is 0 Å². The Kier molecular flexibility index (Phi) is 11.7. The standard InChI is InChI=1S/C32H44P/c1-2-3-4-5-6-7-8-9-10-11-12-22-29-33(30-23-16-13-17-24-30,31-25-18-14-19-26-31)32-27-20-15-21-28-32/h13-21,23-28H,2-12,22,29H2,1H3/q+1. The van der Waals surface area contributed by atoms with Gasteiger partial charge in [0.1, 0.15) is 23.2 Å². The lowest BCUT2D eigenvalue weighted by Crippen LogP contribution is -2.33. The van der Waals surface area contributed by atoms with Crippen molar-refractivity contribution in [2.75, 3.05) is 6.16 Å². The smallest absolute Gasteiger partial charge is 0.0654 e. The fourth-order valence-electron chi connectivity index (χ4n) is 5.07. The topological polar surface area (TPSA) is 0 Å². The maximum atomic E-state index is 2.37. The zero-order valence-corrected chi connectivity index (χ0v) is 21.7. The lowest BCUT2D eigenvalue weighted by atomic mass is 10.1. The van der Waals surface area contributed by atoms with Gasteiger partial charge in [-0.15, -0.1) is 0 Å². The first-order chi connectivity index (χ1) is 16.4. The zero-order valence-electron chi connectivity index (χ0n) is 20.8. The molecule has 0 radical (unpaired) electrons. The van der Waals surface area contributed by atoms with Crippen molar-refractivity contribution in [3.05, 3.63) is 91.0 Å². The van der Waals surface area contributed by atoms with Crippen molar-refractivity contribution >= 4 is 23.2 Å². The highest BCUT2D eigenvalue weighted by Crippen LogP contribution is 2.55. The van der Waals surface area contributed by atoms with Crippen molar-refractivity contribution in [3.63, 3.8) is 0 Å². The van der Waals surface area contributed by atoms with Crippen LogP contribution in [-0.2, 0) is 0 Å². The van der Waals surface area contributed by atoms with E-state index in [1.165, 1.54) is 99.1 Å². The number of hydrogen-bond acceptors (Lipinski definition) is 0. The molecule has 3 aromatic carbocycles. The van der Waals surface area contributed by atoms with Gasteiger partial charge in [-0.2, -0.15) is 0 Å². The average Bonchev–Trinajstić information content (AvgIpc) is 2.89. The minimum Gasteiger partial charge on any atom is -0.0654 e. The van der Waals surface area contributed by atoms with Crippen LogP contribution in [0.4, 0.5) is 0 Å². The predicted molar refractivity (Wildman–Crippen MR) is 151 cm³/mol. The van der Waals surface area contributed by atoms with E-state index in [9.17, 15) is 0 Å². The highest BCUT2D eigenvalue weighted by molar-refractivity contribution is 7.95. The summed E-state index contributed by atoms with van der Waals surface area (Å²) < 4.78 is 0. The zero-order chi connectivity index (χ0) is 23.0. The van der Waals surface area contributed by atoms with E-state index in [0.717, 1.165) is 0 Å². The summed E-state index contributed by atoms with van der Waals surface area (Å²) in [4.78, 5) is 0. The van der Waals surface area contributed by atoms with Crippen LogP contribution < -0.4 is 15.9 Å². The molecule has 0 heterocycles. The van der Waals surface area contributed by atoms with Crippen molar-refractivity contribution in [1.82, 2.24) is 0 Å². The molecule has 0 saturated carbocycles. The van der Waals surface area contributed by atoms with Gasteiger partial charge in [-0.05, 0) is 49.2 Å². The van der Waals surface area contributed by atoms with Crippen molar-refractivity contribution in [2.24, 2.45) is 0 Å². The van der Waals surface area contributed by atoms with Crippen LogP contribution in [-0.4, -0.2) is 6.16 Å². The molecule has 0 nitrogen and oxygen atoms in total. The first kappa shape index (κ1) is 25.7. The van der Waals surface area contributed by atoms with Crippen molar-refractivity contribution < 1.29 is 0 Å². The SMILES string of the molecule is CCCCCCCCCCCCCC[P+](c1ccccc1)(c1ccccc1)c1ccccc1. The van der Waals surface area contributed by atoms with Gasteiger partial charge in [0.2, 0.25) is 0 Å². The Labute approximate surface area is 204 Å². The highest BCUT2D eigenvalue weighted by atomic mass is 31.2. The molecule has 0 atom stereocenters. The Morgan fingerprint density at radius 2 is 0.697 bits per heavy atom. The van der Waals surface area contributed by atoms with Gasteiger partial charge in [-0.3, -0.25) is 0 Å². The number of unbranched alkanes of at least 4 members (excludes halogenated alkanes) is 11. The monoisotopic (exact) mass is 459 g/mol. The van der Waals surface area contributed by atoms with Crippen LogP contribution in [0.5, 0.6) is 0 Å². The molecule has 0 N–H and O–H groups in total. The molecule has 0 aromatic heterocycles. The van der Waals surface area contributed by atoms with Crippen LogP contribution in [0.1, 0.15) is 84.0 Å². The van der Waals surface area contributed by atoms with Crippen LogP contribution in [0.15, 0.2) is 91.0 Å². The molecule has 0 amide bonds. The Bertz CT molecular complexity index is 760. The molecule has 0 aliphatic heterocycles. The molecule has 0 spiro atoms. The predicted octanol–water partition coefficient (Wildman–Crippen LogP) is 8.68. The maximum absolute atomic E-state index is 2.37. The highest BCUT2D eigenvalue weighted by Gasteiger charge is 2.44. The normalized spacial score (nSPS) is 11.5. The van der Waals surface area contributed by atoms with Gasteiger partial charge < -0.3 is 0 Å². The summed E-state index contributed by atoms with van der Waals surface area (Å²) in [6.07, 6.45) is 18.1. The molecular weight excluding hydrogens is 415 g/mol. The third-order valence-electron chi connectivity index (χ3n) is 6.94. The first-order valence-corrected chi connectivity index (χ1v) is 15.4. The molecule has 3 rings (SSSR count). The van der Waals surface area contributed by atoms with Gasteiger partial charge in [0.25, 0.3) is 0 Å². The van der Waals surface area contributed by atoms with Gasteiger partial charge in [-0.1, -0.05) is 126 Å². The summed E-state index contributed by atoms with van der Waals surface area (Å²) in [6.45, 7) is 2.30. The van der Waals surface area contributed by atoms with Crippen LogP contribution in [0.3, 0.4) is 0 Å². The minimum atomic E-state index is -1.63. The third kappa shape index (κ3) is 7.82. The number of rotatable bonds is 16. The van der Waals surface area contributed by atoms with E-state index in [1.54, 1.807) is 0 Å². The van der Waals surface area contributed by atoms with E-state index in [4.69, 9.17) is 0 Å². The van der Waals surface area contributed by atoms with E-state index in [-0.39, 0.29) is 0 Å². The molecule has 0 aliphatic rings. The van der Waals surface area contributed by atoms with Gasteiger partial charge in [0.15, 0.2) is 0 Å². The quantitative estimate of drug-likeness (QED) is 0.148. The van der Waals surface area contributed by atoms with Gasteiger partial charge >= 0.3 is 0 Å². The van der Waals surface area contributed by atoms with Gasteiger partial charge in [0, 0.05) is 0 Å². The second-order valence-electron chi connectivity index (χ2n) is 9.43. The third-order valence-corrected chi connectivity index (χ3v) is 11.5. The largest absolute Gasteiger partial charge is 0.112 e. The summed E-state index contributed by atoms with van der Waals surface area (Å²) >= 11 is 0. The van der Waals surface area contributed by atoms with Crippen molar-refractivity contribution in [3.8, 4) is 0 Å². The van der Waals surface area contributed by atoms with Crippen LogP contribution in [0.2, 0.25) is 0 Å². The molecule has 0 fully saturated rings. The van der Waals surface area contributed by atoms with Crippen LogP contribution in [0.25, 0.3) is 0 Å². The minimum absolute atomic E-state index is 1.27. The van der Waals surface area contributed by atoms with Gasteiger partial charge in [-0.25, -0.2) is 0 Å². The van der Waals surface area contributed by atoms with Crippen molar-refractivity contribution in [2.45, 2.75) is 84.0 Å². The molecule has 176 valence electrons. The lowest BCUT2D eigenvalue weighted by Gasteiger charge is -2.27.